The van der Waals surface area contributed by atoms with E-state index < -0.39 is 47.8 Å². The third-order valence-corrected chi connectivity index (χ3v) is 29.7. The topological polar surface area (TPSA) is 268 Å². The summed E-state index contributed by atoms with van der Waals surface area (Å²) in [7, 11) is 0. The average Bonchev–Trinajstić information content (AvgIpc) is 1.64. The second-order valence-electron chi connectivity index (χ2n) is 38.9. The third kappa shape index (κ3) is 20.7. The number of ether oxygens (including phenoxy) is 4. The molecule has 22 rings (SSSR count). The molecular formula is C108H116F4N12O13. The Kier molecular flexibility index (Phi) is 27.2. The molecule has 714 valence electrons. The smallest absolute Gasteiger partial charge is 0.503 e. The maximum Gasteiger partial charge on any atom is 0.586 e. The number of hydrogen-bond donors (Lipinski definition) is 5. The predicted molar refractivity (Wildman–Crippen MR) is 505 cm³/mol. The lowest BCUT2D eigenvalue weighted by Gasteiger charge is -2.32. The first-order valence-electron chi connectivity index (χ1n) is 48.3. The van der Waals surface area contributed by atoms with Crippen molar-refractivity contribution in [2.75, 3.05) is 65.6 Å². The normalized spacial score (nSPS) is 22.7. The van der Waals surface area contributed by atoms with Crippen LogP contribution in [0.5, 0.6) is 28.7 Å². The standard InChI is InChI=1S/C29H33N3O4.C27H27F2N3O4.C26H27F2N3O3.C26H29N3O2/c1-19-3-7-25(28(33)30-19)32-18-23-16-22(5-6-24(23)29(32)34)21-9-11-31(12-10-21)17-20-4-8-26-27(15-20)36-14-2-13-35-26;1-16-2-6-22(25(33)30-16)32-15-20-13-19(4-5-21(20)26(32)34)18-8-10-31(11-9-18)14-17-3-7-23-24(12-17)36-27(28,29)35-23;1-15-2-5-23(25(33)29-15)31-14-19-12-18(3-4-20(19)26(31)34)17-6-8-30(9-7-17)13-16-10-21(27)24(32)22(28)11-16;1-18-7-10-24(25(30)27-18)29-17-22-15-21(8-9-23(22)26(29)31)20-11-13-28(14-12-20)16-19-5-3-2-4-6-19/h4-6,8,15-16,21,25H,1-3,7,9-14,17-18H2,(H,30,33);3-5,7,12-13,18,22H,1-2,6,8-11,14-15H2,(H,30,33);3-4,10-12,17,23,32H,1-2,5-9,13-14H2,(H,29,33);2-6,8-9,15,20,24H,1,7,10-14,16-17H2,(H,27,30). The number of amides is 8. The van der Waals surface area contributed by atoms with E-state index in [1.54, 1.807) is 31.7 Å². The molecule has 4 atom stereocenters. The third-order valence-electron chi connectivity index (χ3n) is 29.7. The Balaban J connectivity index is 0.000000117. The van der Waals surface area contributed by atoms with Crippen LogP contribution in [0.25, 0.3) is 0 Å². The molecule has 8 aromatic carbocycles. The van der Waals surface area contributed by atoms with Gasteiger partial charge < -0.3 is 64.9 Å². The van der Waals surface area contributed by atoms with Crippen LogP contribution in [-0.4, -0.2) is 188 Å². The van der Waals surface area contributed by atoms with Crippen molar-refractivity contribution in [3.63, 3.8) is 0 Å². The zero-order chi connectivity index (χ0) is 95.0. The Hall–Kier alpha value is -13.0. The van der Waals surface area contributed by atoms with Crippen LogP contribution in [0.1, 0.15) is 241 Å². The molecule has 8 amide bonds. The van der Waals surface area contributed by atoms with Crippen molar-refractivity contribution in [3.8, 4) is 28.7 Å². The van der Waals surface area contributed by atoms with Crippen LogP contribution in [0.15, 0.2) is 201 Å². The monoisotopic (exact) mass is 1860 g/mol. The zero-order valence-electron chi connectivity index (χ0n) is 77.1. The van der Waals surface area contributed by atoms with E-state index in [-0.39, 0.29) is 58.8 Å². The van der Waals surface area contributed by atoms with Gasteiger partial charge in [-0.05, 0) is 306 Å². The molecule has 0 bridgehead atoms. The van der Waals surface area contributed by atoms with Crippen LogP contribution in [-0.2, 0) is 71.5 Å². The number of hydrogen-bond acceptors (Lipinski definition) is 17. The summed E-state index contributed by atoms with van der Waals surface area (Å²) in [6.07, 6.45) is 10.8. The minimum Gasteiger partial charge on any atom is -0.503 e. The number of benzene rings is 8. The molecule has 8 aromatic rings. The molecule has 14 heterocycles. The SMILES string of the molecule is C=C1CCC(N2Cc3cc(C4CCN(Cc5cc(F)c(O)c(F)c5)CC4)ccc3C2=O)C(=O)N1.C=C1CCC(N2Cc3cc(C4CCN(Cc5ccc6c(c5)OC(F)(F)O6)CC4)ccc3C2=O)C(=O)N1.C=C1CCC(N2Cc3cc(C4CCN(Cc5ccc6c(c5)OCCCO6)CC4)ccc3C2=O)C(=O)N1.C=C1CCC(N2Cc3cc(C4CCN(Cc5ccccc5)CC4)ccc3C2=O)C(=O)N1. The van der Waals surface area contributed by atoms with Gasteiger partial charge in [0.25, 0.3) is 23.6 Å². The maximum atomic E-state index is 13.6. The highest BCUT2D eigenvalue weighted by molar-refractivity contribution is 6.04. The largest absolute Gasteiger partial charge is 0.586 e. The Morgan fingerprint density at radius 1 is 0.336 bits per heavy atom. The number of nitrogens with zero attached hydrogens (tertiary/aromatic N) is 8. The lowest BCUT2D eigenvalue weighted by atomic mass is 9.87. The predicted octanol–water partition coefficient (Wildman–Crippen LogP) is 15.7. The summed E-state index contributed by atoms with van der Waals surface area (Å²) in [6, 6.07) is 47.2. The van der Waals surface area contributed by atoms with Crippen LogP contribution < -0.4 is 40.2 Å². The Bertz CT molecular complexity index is 6070. The number of nitrogens with one attached hydrogen (secondary N) is 4. The molecule has 0 radical (unpaired) electrons. The molecule has 25 nitrogen and oxygen atoms in total. The van der Waals surface area contributed by atoms with Crippen molar-refractivity contribution in [2.45, 2.75) is 216 Å². The van der Waals surface area contributed by atoms with Gasteiger partial charge in [0.15, 0.2) is 40.4 Å². The number of likely N-dealkylation sites (tertiary alicyclic amines) is 4. The fourth-order valence-electron chi connectivity index (χ4n) is 22.1. The van der Waals surface area contributed by atoms with Crippen LogP contribution in [0.4, 0.5) is 17.6 Å². The van der Waals surface area contributed by atoms with Gasteiger partial charge in [0.2, 0.25) is 23.6 Å². The van der Waals surface area contributed by atoms with Gasteiger partial charge in [0.1, 0.15) is 24.2 Å². The first-order chi connectivity index (χ1) is 66.2. The number of phenols is 1. The minimum absolute atomic E-state index is 0.0214. The number of allylic oxidation sites excluding steroid dienone is 4. The molecule has 14 aliphatic heterocycles. The van der Waals surface area contributed by atoms with Crippen LogP contribution in [0.3, 0.4) is 0 Å². The van der Waals surface area contributed by atoms with Crippen molar-refractivity contribution in [1.82, 2.24) is 60.5 Å². The zero-order valence-corrected chi connectivity index (χ0v) is 77.1. The van der Waals surface area contributed by atoms with Crippen molar-refractivity contribution in [1.29, 1.82) is 0 Å². The molecule has 29 heteroatoms. The number of phenolic OH excluding ortho intramolecular Hbond substituents is 1. The van der Waals surface area contributed by atoms with E-state index in [9.17, 15) is 61.0 Å². The van der Waals surface area contributed by atoms with Gasteiger partial charge in [-0.25, -0.2) is 8.78 Å². The highest BCUT2D eigenvalue weighted by Crippen LogP contribution is 2.45. The molecule has 137 heavy (non-hydrogen) atoms. The Morgan fingerprint density at radius 3 is 0.971 bits per heavy atom. The maximum absolute atomic E-state index is 13.6. The number of fused-ring (bicyclic) bond motifs is 6. The van der Waals surface area contributed by atoms with Gasteiger partial charge in [0.05, 0.1) is 13.2 Å². The Labute approximate surface area is 794 Å². The van der Waals surface area contributed by atoms with Crippen molar-refractivity contribution in [3.05, 3.63) is 301 Å². The quantitative estimate of drug-likeness (QED) is 0.0563. The molecule has 0 spiro atoms. The number of halogens is 4. The first kappa shape index (κ1) is 93.1. The van der Waals surface area contributed by atoms with Crippen molar-refractivity contribution >= 4 is 47.3 Å². The summed E-state index contributed by atoms with van der Waals surface area (Å²) < 4.78 is 74.5. The lowest BCUT2D eigenvalue weighted by Crippen LogP contribution is -2.49. The van der Waals surface area contributed by atoms with E-state index in [0.29, 0.717) is 149 Å². The van der Waals surface area contributed by atoms with Gasteiger partial charge >= 0.3 is 6.29 Å². The lowest BCUT2D eigenvalue weighted by molar-refractivity contribution is -0.286. The van der Waals surface area contributed by atoms with E-state index in [2.05, 4.69) is 156 Å². The highest BCUT2D eigenvalue weighted by Gasteiger charge is 2.46. The number of aromatic hydroxyl groups is 1. The number of carbonyl (C=O) groups excluding carboxylic acids is 8. The van der Waals surface area contributed by atoms with Gasteiger partial charge in [-0.1, -0.05) is 117 Å². The van der Waals surface area contributed by atoms with Crippen LogP contribution in [0, 0.1) is 11.6 Å². The Morgan fingerprint density at radius 2 is 0.635 bits per heavy atom. The van der Waals surface area contributed by atoms with Crippen LogP contribution >= 0.6 is 0 Å². The molecule has 4 unspecified atom stereocenters. The van der Waals surface area contributed by atoms with Gasteiger partial charge in [-0.15, -0.1) is 8.78 Å². The van der Waals surface area contributed by atoms with E-state index >= 15 is 0 Å². The first-order valence-corrected chi connectivity index (χ1v) is 48.3. The molecule has 5 N–H and O–H groups in total. The summed E-state index contributed by atoms with van der Waals surface area (Å²) in [5.41, 5.74) is 18.8. The summed E-state index contributed by atoms with van der Waals surface area (Å²) in [4.78, 5) is 118. The second-order valence-corrected chi connectivity index (χ2v) is 38.9. The molecule has 8 saturated heterocycles. The number of piperidine rings is 8. The average molecular weight is 1870 g/mol. The van der Waals surface area contributed by atoms with Gasteiger partial charge in [0, 0.05) is 104 Å². The number of alkyl halides is 2. The van der Waals surface area contributed by atoms with E-state index in [4.69, 9.17) is 9.47 Å². The van der Waals surface area contributed by atoms with E-state index in [1.165, 1.54) is 51.6 Å². The molecule has 0 aliphatic carbocycles. The molecule has 14 aliphatic rings. The number of rotatable bonds is 16. The summed E-state index contributed by atoms with van der Waals surface area (Å²) >= 11 is 0. The highest BCUT2D eigenvalue weighted by atomic mass is 19.3. The van der Waals surface area contributed by atoms with E-state index in [0.717, 1.165) is 191 Å². The molecular weight excluding hydrogens is 1750 g/mol. The number of carbonyl (C=O) groups is 8. The van der Waals surface area contributed by atoms with Crippen molar-refractivity contribution < 1.29 is 80.0 Å². The summed E-state index contributed by atoms with van der Waals surface area (Å²) in [5, 5.41) is 20.4. The summed E-state index contributed by atoms with van der Waals surface area (Å²) in [6.45, 7) is 29.2. The van der Waals surface area contributed by atoms with E-state index in [1.807, 2.05) is 42.5 Å². The van der Waals surface area contributed by atoms with Crippen LogP contribution in [0.2, 0.25) is 0 Å². The summed E-state index contributed by atoms with van der Waals surface area (Å²) in [5.74, 6) is -0.0390. The van der Waals surface area contributed by atoms with Gasteiger partial charge in [-0.2, -0.15) is 0 Å². The molecule has 8 fully saturated rings. The second kappa shape index (κ2) is 40.0. The molecule has 0 saturated carbocycles. The minimum atomic E-state index is -3.60. The fraction of sp³-hybridized carbons (Fsp3) is 0.407. The molecule has 0 aromatic heterocycles. The van der Waals surface area contributed by atoms with Crippen molar-refractivity contribution in [2.24, 2.45) is 0 Å². The fourth-order valence-corrected chi connectivity index (χ4v) is 22.1. The van der Waals surface area contributed by atoms with Gasteiger partial charge in [-0.3, -0.25) is 58.0 Å².